The second kappa shape index (κ2) is 7.98. The van der Waals surface area contributed by atoms with E-state index in [1.807, 2.05) is 13.1 Å². The third-order valence-electron chi connectivity index (χ3n) is 5.09. The van der Waals surface area contributed by atoms with Gasteiger partial charge in [-0.05, 0) is 48.7 Å². The highest BCUT2D eigenvalue weighted by Gasteiger charge is 2.22. The second-order valence-corrected chi connectivity index (χ2v) is 7.21. The summed E-state index contributed by atoms with van der Waals surface area (Å²) >= 11 is 0. The summed E-state index contributed by atoms with van der Waals surface area (Å²) in [5, 5.41) is 20.8. The summed E-state index contributed by atoms with van der Waals surface area (Å²) in [5.74, 6) is 0.865. The predicted octanol–water partition coefficient (Wildman–Crippen LogP) is 2.93. The van der Waals surface area contributed by atoms with Crippen LogP contribution in [-0.2, 0) is 6.54 Å². The van der Waals surface area contributed by atoms with E-state index in [9.17, 15) is 0 Å². The topological polar surface area (TPSA) is 73.4 Å². The maximum atomic E-state index is 8.97. The minimum absolute atomic E-state index is 0.0355. The molecule has 6 nitrogen and oxygen atoms in total. The number of anilines is 1. The number of ether oxygens (including phenoxy) is 1. The van der Waals surface area contributed by atoms with Crippen molar-refractivity contribution in [1.29, 1.82) is 0 Å². The van der Waals surface area contributed by atoms with Crippen LogP contribution in [0, 0.1) is 6.92 Å². The van der Waals surface area contributed by atoms with Crippen LogP contribution in [0.25, 0.3) is 10.9 Å². The van der Waals surface area contributed by atoms with Crippen LogP contribution in [0.4, 0.5) is 5.69 Å². The van der Waals surface area contributed by atoms with E-state index in [0.29, 0.717) is 12.6 Å². The molecule has 4 rings (SSSR count). The van der Waals surface area contributed by atoms with Gasteiger partial charge in [0.1, 0.15) is 12.4 Å². The fourth-order valence-corrected chi connectivity index (χ4v) is 3.67. The van der Waals surface area contributed by atoms with Gasteiger partial charge >= 0.3 is 0 Å². The molecule has 27 heavy (non-hydrogen) atoms. The Balaban J connectivity index is 1.35. The number of fused-ring (bicyclic) bond motifs is 1. The molecule has 1 aliphatic heterocycles. The van der Waals surface area contributed by atoms with E-state index in [1.54, 1.807) is 0 Å². The van der Waals surface area contributed by atoms with Gasteiger partial charge in [-0.3, -0.25) is 10.00 Å². The number of likely N-dealkylation sites (tertiary alicyclic amines) is 1. The number of hydrogen-bond donors (Lipinski definition) is 3. The van der Waals surface area contributed by atoms with Crippen molar-refractivity contribution in [2.45, 2.75) is 25.9 Å². The lowest BCUT2D eigenvalue weighted by atomic mass is 10.1. The summed E-state index contributed by atoms with van der Waals surface area (Å²) < 4.78 is 5.63. The van der Waals surface area contributed by atoms with Crippen molar-refractivity contribution < 1.29 is 9.84 Å². The standard InChI is InChI=1S/C21H26N4O2/c1-15-2-3-16(10-21(15)27-9-8-26)13-25-7-6-19(14-25)23-18-4-5-20-17(11-18)12-22-24-20/h2-5,10-12,19,23,26H,6-9,13-14H2,1H3,(H,22,24)/t19-/m1/s1. The normalized spacial score (nSPS) is 17.5. The van der Waals surface area contributed by atoms with E-state index in [-0.39, 0.29) is 6.61 Å². The fourth-order valence-electron chi connectivity index (χ4n) is 3.67. The van der Waals surface area contributed by atoms with Crippen LogP contribution in [-0.4, -0.2) is 52.5 Å². The third kappa shape index (κ3) is 4.23. The van der Waals surface area contributed by atoms with E-state index in [0.717, 1.165) is 54.0 Å². The first-order valence-electron chi connectivity index (χ1n) is 9.46. The molecular formula is C21H26N4O2. The molecule has 0 saturated carbocycles. The zero-order valence-electron chi connectivity index (χ0n) is 15.6. The summed E-state index contributed by atoms with van der Waals surface area (Å²) in [6.07, 6.45) is 2.98. The van der Waals surface area contributed by atoms with Gasteiger partial charge in [-0.2, -0.15) is 5.10 Å². The van der Waals surface area contributed by atoms with Crippen molar-refractivity contribution in [1.82, 2.24) is 15.1 Å². The monoisotopic (exact) mass is 366 g/mol. The zero-order valence-corrected chi connectivity index (χ0v) is 15.6. The van der Waals surface area contributed by atoms with Gasteiger partial charge in [0, 0.05) is 36.7 Å². The van der Waals surface area contributed by atoms with Crippen molar-refractivity contribution in [2.24, 2.45) is 0 Å². The number of benzene rings is 2. The van der Waals surface area contributed by atoms with Gasteiger partial charge < -0.3 is 15.2 Å². The van der Waals surface area contributed by atoms with Crippen molar-refractivity contribution >= 4 is 16.6 Å². The molecule has 0 unspecified atom stereocenters. The first-order chi connectivity index (χ1) is 13.2. The van der Waals surface area contributed by atoms with Crippen LogP contribution >= 0.6 is 0 Å². The smallest absolute Gasteiger partial charge is 0.122 e. The highest BCUT2D eigenvalue weighted by molar-refractivity contribution is 5.81. The SMILES string of the molecule is Cc1ccc(CN2CC[C@@H](Nc3ccc4[nH]ncc4c3)C2)cc1OCCO. The average Bonchev–Trinajstić information content (AvgIpc) is 3.31. The van der Waals surface area contributed by atoms with Crippen LogP contribution in [0.15, 0.2) is 42.6 Å². The van der Waals surface area contributed by atoms with Crippen molar-refractivity contribution in [2.75, 3.05) is 31.6 Å². The van der Waals surface area contributed by atoms with Crippen LogP contribution in [0.2, 0.25) is 0 Å². The number of aliphatic hydroxyl groups is 1. The maximum absolute atomic E-state index is 8.97. The molecule has 6 heteroatoms. The minimum Gasteiger partial charge on any atom is -0.491 e. The highest BCUT2D eigenvalue weighted by Crippen LogP contribution is 2.24. The fraction of sp³-hybridized carbons (Fsp3) is 0.381. The molecule has 1 fully saturated rings. The number of aromatic amines is 1. The van der Waals surface area contributed by atoms with E-state index in [1.165, 1.54) is 5.56 Å². The van der Waals surface area contributed by atoms with E-state index in [4.69, 9.17) is 9.84 Å². The molecule has 1 saturated heterocycles. The van der Waals surface area contributed by atoms with Crippen molar-refractivity contribution in [3.63, 3.8) is 0 Å². The van der Waals surface area contributed by atoms with E-state index >= 15 is 0 Å². The van der Waals surface area contributed by atoms with Gasteiger partial charge in [0.15, 0.2) is 0 Å². The number of aliphatic hydroxyl groups excluding tert-OH is 1. The molecule has 0 radical (unpaired) electrons. The summed E-state index contributed by atoms with van der Waals surface area (Å²) in [6.45, 7) is 5.41. The van der Waals surface area contributed by atoms with Crippen molar-refractivity contribution in [3.8, 4) is 5.75 Å². The summed E-state index contributed by atoms with van der Waals surface area (Å²) in [5.41, 5.74) is 4.55. The number of H-pyrrole nitrogens is 1. The van der Waals surface area contributed by atoms with Gasteiger partial charge in [0.25, 0.3) is 0 Å². The molecule has 0 spiro atoms. The Morgan fingerprint density at radius 2 is 2.22 bits per heavy atom. The van der Waals surface area contributed by atoms with Crippen LogP contribution in [0.1, 0.15) is 17.5 Å². The number of aromatic nitrogens is 2. The first-order valence-corrected chi connectivity index (χ1v) is 9.46. The van der Waals surface area contributed by atoms with E-state index < -0.39 is 0 Å². The molecule has 1 atom stereocenters. The lowest BCUT2D eigenvalue weighted by molar-refractivity contribution is 0.200. The van der Waals surface area contributed by atoms with Gasteiger partial charge in [-0.15, -0.1) is 0 Å². The van der Waals surface area contributed by atoms with Gasteiger partial charge in [-0.1, -0.05) is 12.1 Å². The molecule has 1 aromatic heterocycles. The summed E-state index contributed by atoms with van der Waals surface area (Å²) in [7, 11) is 0. The van der Waals surface area contributed by atoms with Gasteiger partial charge in [0.2, 0.25) is 0 Å². The number of hydrogen-bond acceptors (Lipinski definition) is 5. The van der Waals surface area contributed by atoms with Gasteiger partial charge in [-0.25, -0.2) is 0 Å². The zero-order chi connectivity index (χ0) is 18.6. The molecule has 2 heterocycles. The lowest BCUT2D eigenvalue weighted by Gasteiger charge is -2.18. The molecular weight excluding hydrogens is 340 g/mol. The number of rotatable bonds is 7. The Morgan fingerprint density at radius 3 is 3.11 bits per heavy atom. The first kappa shape index (κ1) is 17.8. The molecule has 0 aliphatic carbocycles. The molecule has 2 aromatic carbocycles. The number of nitrogens with one attached hydrogen (secondary N) is 2. The molecule has 142 valence electrons. The lowest BCUT2D eigenvalue weighted by Crippen LogP contribution is -2.26. The molecule has 0 amide bonds. The summed E-state index contributed by atoms with van der Waals surface area (Å²) in [6, 6.07) is 13.1. The van der Waals surface area contributed by atoms with Gasteiger partial charge in [0.05, 0.1) is 18.3 Å². The Kier molecular flexibility index (Phi) is 5.27. The number of aryl methyl sites for hydroxylation is 1. The Morgan fingerprint density at radius 1 is 1.30 bits per heavy atom. The summed E-state index contributed by atoms with van der Waals surface area (Å²) in [4.78, 5) is 2.47. The second-order valence-electron chi connectivity index (χ2n) is 7.21. The van der Waals surface area contributed by atoms with Crippen LogP contribution < -0.4 is 10.1 Å². The third-order valence-corrected chi connectivity index (χ3v) is 5.09. The average molecular weight is 366 g/mol. The van der Waals surface area contributed by atoms with E-state index in [2.05, 4.69) is 56.8 Å². The Hall–Kier alpha value is -2.57. The molecule has 1 aliphatic rings. The minimum atomic E-state index is 0.0355. The molecule has 0 bridgehead atoms. The number of nitrogens with zero attached hydrogens (tertiary/aromatic N) is 2. The highest BCUT2D eigenvalue weighted by atomic mass is 16.5. The molecule has 3 aromatic rings. The Bertz CT molecular complexity index is 908. The van der Waals surface area contributed by atoms with Crippen molar-refractivity contribution in [3.05, 3.63) is 53.7 Å². The largest absolute Gasteiger partial charge is 0.491 e. The predicted molar refractivity (Wildman–Crippen MR) is 107 cm³/mol. The Labute approximate surface area is 159 Å². The quantitative estimate of drug-likeness (QED) is 0.600. The van der Waals surface area contributed by atoms with Crippen LogP contribution in [0.5, 0.6) is 5.75 Å². The maximum Gasteiger partial charge on any atom is 0.122 e. The molecule has 3 N–H and O–H groups in total. The van der Waals surface area contributed by atoms with Crippen LogP contribution in [0.3, 0.4) is 0 Å².